The lowest BCUT2D eigenvalue weighted by Gasteiger charge is -2.17. The highest BCUT2D eigenvalue weighted by molar-refractivity contribution is 9.10. The molecule has 0 fully saturated rings. The SMILES string of the molecule is Cc1cc(Br)ccc1NC(=O)CN(C)S(=O)(=O)c1ccccc1. The zero-order valence-electron chi connectivity index (χ0n) is 12.8. The number of anilines is 1. The quantitative estimate of drug-likeness (QED) is 0.844. The summed E-state index contributed by atoms with van der Waals surface area (Å²) in [7, 11) is -2.29. The van der Waals surface area contributed by atoms with Crippen LogP contribution in [0.25, 0.3) is 0 Å². The van der Waals surface area contributed by atoms with Gasteiger partial charge in [-0.3, -0.25) is 4.79 Å². The summed E-state index contributed by atoms with van der Waals surface area (Å²) in [6, 6.07) is 13.5. The minimum Gasteiger partial charge on any atom is -0.325 e. The minimum atomic E-state index is -3.68. The molecule has 5 nitrogen and oxygen atoms in total. The Morgan fingerprint density at radius 3 is 2.43 bits per heavy atom. The van der Waals surface area contributed by atoms with Gasteiger partial charge in [0.1, 0.15) is 0 Å². The van der Waals surface area contributed by atoms with Crippen LogP contribution in [0.2, 0.25) is 0 Å². The fourth-order valence-electron chi connectivity index (χ4n) is 2.02. The summed E-state index contributed by atoms with van der Waals surface area (Å²) in [6.45, 7) is 1.61. The van der Waals surface area contributed by atoms with Gasteiger partial charge in [-0.1, -0.05) is 34.1 Å². The minimum absolute atomic E-state index is 0.162. The Hall–Kier alpha value is -1.70. The van der Waals surface area contributed by atoms with Crippen molar-refractivity contribution < 1.29 is 13.2 Å². The summed E-state index contributed by atoms with van der Waals surface area (Å²) in [6.07, 6.45) is 0. The molecule has 0 spiro atoms. The number of sulfonamides is 1. The van der Waals surface area contributed by atoms with Crippen molar-refractivity contribution in [2.24, 2.45) is 0 Å². The molecule has 1 N–H and O–H groups in total. The summed E-state index contributed by atoms with van der Waals surface area (Å²) < 4.78 is 26.7. The average molecular weight is 397 g/mol. The number of halogens is 1. The maximum Gasteiger partial charge on any atom is 0.243 e. The number of nitrogens with zero attached hydrogens (tertiary/aromatic N) is 1. The third-order valence-electron chi connectivity index (χ3n) is 3.28. The van der Waals surface area contributed by atoms with E-state index in [1.54, 1.807) is 24.3 Å². The summed E-state index contributed by atoms with van der Waals surface area (Å²) >= 11 is 3.35. The van der Waals surface area contributed by atoms with E-state index in [0.29, 0.717) is 5.69 Å². The van der Waals surface area contributed by atoms with E-state index >= 15 is 0 Å². The molecule has 0 unspecified atom stereocenters. The molecular weight excluding hydrogens is 380 g/mol. The van der Waals surface area contributed by atoms with Gasteiger partial charge in [0, 0.05) is 17.2 Å². The standard InChI is InChI=1S/C16H17BrN2O3S/c1-12-10-13(17)8-9-15(12)18-16(20)11-19(2)23(21,22)14-6-4-3-5-7-14/h3-10H,11H2,1-2H3,(H,18,20). The third kappa shape index (κ3) is 4.40. The van der Waals surface area contributed by atoms with Gasteiger partial charge in [0.05, 0.1) is 11.4 Å². The summed E-state index contributed by atoms with van der Waals surface area (Å²) in [5, 5.41) is 2.73. The molecule has 0 saturated heterocycles. The van der Waals surface area contributed by atoms with Crippen molar-refractivity contribution in [2.75, 3.05) is 18.9 Å². The number of nitrogens with one attached hydrogen (secondary N) is 1. The van der Waals surface area contributed by atoms with Crippen molar-refractivity contribution in [1.82, 2.24) is 4.31 Å². The van der Waals surface area contributed by atoms with Gasteiger partial charge in [-0.15, -0.1) is 0 Å². The van der Waals surface area contributed by atoms with Gasteiger partial charge in [-0.25, -0.2) is 8.42 Å². The van der Waals surface area contributed by atoms with Crippen LogP contribution in [0.3, 0.4) is 0 Å². The van der Waals surface area contributed by atoms with Crippen LogP contribution < -0.4 is 5.32 Å². The Morgan fingerprint density at radius 1 is 1.17 bits per heavy atom. The lowest BCUT2D eigenvalue weighted by atomic mass is 10.2. The van der Waals surface area contributed by atoms with E-state index in [1.165, 1.54) is 19.2 Å². The van der Waals surface area contributed by atoms with Crippen molar-refractivity contribution in [2.45, 2.75) is 11.8 Å². The molecule has 0 bridgehead atoms. The number of hydrogen-bond acceptors (Lipinski definition) is 3. The van der Waals surface area contributed by atoms with Crippen molar-refractivity contribution in [3.05, 3.63) is 58.6 Å². The number of rotatable bonds is 5. The molecule has 1 amide bonds. The topological polar surface area (TPSA) is 66.5 Å². The van der Waals surface area contributed by atoms with Gasteiger partial charge in [0.2, 0.25) is 15.9 Å². The second-order valence-electron chi connectivity index (χ2n) is 5.08. The van der Waals surface area contributed by atoms with Crippen LogP contribution in [-0.4, -0.2) is 32.2 Å². The monoisotopic (exact) mass is 396 g/mol. The maximum absolute atomic E-state index is 12.4. The van der Waals surface area contributed by atoms with E-state index in [4.69, 9.17) is 0 Å². The van der Waals surface area contributed by atoms with Crippen LogP contribution in [0, 0.1) is 6.92 Å². The molecule has 0 atom stereocenters. The van der Waals surface area contributed by atoms with Gasteiger partial charge in [-0.05, 0) is 42.8 Å². The van der Waals surface area contributed by atoms with Gasteiger partial charge in [-0.2, -0.15) is 4.31 Å². The average Bonchev–Trinajstić information content (AvgIpc) is 2.51. The molecule has 0 aromatic heterocycles. The number of amides is 1. The molecule has 23 heavy (non-hydrogen) atoms. The number of carbonyl (C=O) groups excluding carboxylic acids is 1. The number of carbonyl (C=O) groups is 1. The number of benzene rings is 2. The predicted molar refractivity (Wildman–Crippen MR) is 93.8 cm³/mol. The molecule has 0 radical (unpaired) electrons. The highest BCUT2D eigenvalue weighted by atomic mass is 79.9. The second-order valence-corrected chi connectivity index (χ2v) is 8.04. The third-order valence-corrected chi connectivity index (χ3v) is 5.59. The van der Waals surface area contributed by atoms with E-state index in [-0.39, 0.29) is 11.4 Å². The molecule has 2 aromatic rings. The molecule has 122 valence electrons. The van der Waals surface area contributed by atoms with E-state index in [1.807, 2.05) is 19.1 Å². The zero-order chi connectivity index (χ0) is 17.0. The molecule has 2 aromatic carbocycles. The van der Waals surface area contributed by atoms with Crippen molar-refractivity contribution in [3.63, 3.8) is 0 Å². The first-order valence-electron chi connectivity index (χ1n) is 6.88. The fraction of sp³-hybridized carbons (Fsp3) is 0.188. The first kappa shape index (κ1) is 17.7. The van der Waals surface area contributed by atoms with Gasteiger partial charge < -0.3 is 5.32 Å². The summed E-state index contributed by atoms with van der Waals surface area (Å²) in [4.78, 5) is 12.3. The van der Waals surface area contributed by atoms with E-state index < -0.39 is 15.9 Å². The number of likely N-dealkylation sites (N-methyl/N-ethyl adjacent to an activating group) is 1. The first-order valence-corrected chi connectivity index (χ1v) is 9.11. The van der Waals surface area contributed by atoms with Crippen LogP contribution in [0.5, 0.6) is 0 Å². The lowest BCUT2D eigenvalue weighted by molar-refractivity contribution is -0.116. The second kappa shape index (κ2) is 7.25. The van der Waals surface area contributed by atoms with Crippen LogP contribution >= 0.6 is 15.9 Å². The van der Waals surface area contributed by atoms with Crippen LogP contribution in [-0.2, 0) is 14.8 Å². The van der Waals surface area contributed by atoms with Crippen LogP contribution in [0.4, 0.5) is 5.69 Å². The highest BCUT2D eigenvalue weighted by Gasteiger charge is 2.22. The number of hydrogen-bond donors (Lipinski definition) is 1. The molecular formula is C16H17BrN2O3S. The Morgan fingerprint density at radius 2 is 1.83 bits per heavy atom. The fourth-order valence-corrected chi connectivity index (χ4v) is 3.64. The Balaban J connectivity index is 2.08. The van der Waals surface area contributed by atoms with E-state index in [2.05, 4.69) is 21.2 Å². The normalized spacial score (nSPS) is 11.5. The zero-order valence-corrected chi connectivity index (χ0v) is 15.2. The molecule has 0 aliphatic rings. The van der Waals surface area contributed by atoms with Crippen LogP contribution in [0.15, 0.2) is 57.9 Å². The van der Waals surface area contributed by atoms with Crippen LogP contribution in [0.1, 0.15) is 5.56 Å². The van der Waals surface area contributed by atoms with E-state index in [0.717, 1.165) is 14.3 Å². The van der Waals surface area contributed by atoms with Crippen molar-refractivity contribution in [3.8, 4) is 0 Å². The molecule has 0 saturated carbocycles. The molecule has 2 rings (SSSR count). The Labute approximate surface area is 144 Å². The molecule has 7 heteroatoms. The van der Waals surface area contributed by atoms with Gasteiger partial charge >= 0.3 is 0 Å². The van der Waals surface area contributed by atoms with Crippen molar-refractivity contribution in [1.29, 1.82) is 0 Å². The predicted octanol–water partition coefficient (Wildman–Crippen LogP) is 3.02. The molecule has 0 heterocycles. The largest absolute Gasteiger partial charge is 0.325 e. The maximum atomic E-state index is 12.4. The summed E-state index contributed by atoms with van der Waals surface area (Å²) in [5.74, 6) is -0.391. The first-order chi connectivity index (χ1) is 10.8. The summed E-state index contributed by atoms with van der Waals surface area (Å²) in [5.41, 5.74) is 1.55. The van der Waals surface area contributed by atoms with Crippen molar-refractivity contribution >= 4 is 37.5 Å². The van der Waals surface area contributed by atoms with Gasteiger partial charge in [0.15, 0.2) is 0 Å². The smallest absolute Gasteiger partial charge is 0.243 e. The van der Waals surface area contributed by atoms with Gasteiger partial charge in [0.25, 0.3) is 0 Å². The Bertz CT molecular complexity index is 807. The molecule has 0 aliphatic carbocycles. The Kier molecular flexibility index (Phi) is 5.56. The van der Waals surface area contributed by atoms with E-state index in [9.17, 15) is 13.2 Å². The lowest BCUT2D eigenvalue weighted by Crippen LogP contribution is -2.35. The molecule has 0 aliphatic heterocycles. The highest BCUT2D eigenvalue weighted by Crippen LogP contribution is 2.20. The number of aryl methyl sites for hydroxylation is 1.